The van der Waals surface area contributed by atoms with Crippen molar-refractivity contribution < 1.29 is 27.8 Å². The van der Waals surface area contributed by atoms with Crippen LogP contribution in [0.15, 0.2) is 36.9 Å². The third-order valence-corrected chi connectivity index (χ3v) is 8.45. The summed E-state index contributed by atoms with van der Waals surface area (Å²) in [6.45, 7) is 10.3. The third kappa shape index (κ3) is 5.28. The molecule has 0 spiro atoms. The van der Waals surface area contributed by atoms with Gasteiger partial charge in [-0.05, 0) is 45.5 Å². The number of piperazine rings is 1. The van der Waals surface area contributed by atoms with Gasteiger partial charge in [0.2, 0.25) is 5.91 Å². The molecule has 1 unspecified atom stereocenters. The van der Waals surface area contributed by atoms with Crippen molar-refractivity contribution in [2.24, 2.45) is 0 Å². The zero-order valence-electron chi connectivity index (χ0n) is 24.0. The smallest absolute Gasteiger partial charge is 0.262 e. The van der Waals surface area contributed by atoms with E-state index in [0.29, 0.717) is 19.7 Å². The summed E-state index contributed by atoms with van der Waals surface area (Å²) in [5, 5.41) is 0. The average Bonchev–Trinajstić information content (AvgIpc) is 3.20. The van der Waals surface area contributed by atoms with Crippen LogP contribution in [0.25, 0.3) is 11.3 Å². The predicted octanol–water partition coefficient (Wildman–Crippen LogP) is 3.19. The Bertz CT molecular complexity index is 1350. The zero-order valence-corrected chi connectivity index (χ0v) is 24.0. The van der Waals surface area contributed by atoms with Crippen LogP contribution in [0.5, 0.6) is 5.75 Å². The van der Waals surface area contributed by atoms with Crippen LogP contribution in [-0.2, 0) is 9.53 Å². The Kier molecular flexibility index (Phi) is 8.02. The Labute approximate surface area is 239 Å². The fourth-order valence-electron chi connectivity index (χ4n) is 6.10. The summed E-state index contributed by atoms with van der Waals surface area (Å²) in [6, 6.07) is 5.48. The molecule has 2 amide bonds. The maximum Gasteiger partial charge on any atom is 0.262 e. The Morgan fingerprint density at radius 1 is 1.27 bits per heavy atom. The van der Waals surface area contributed by atoms with Crippen LogP contribution in [0.4, 0.5) is 14.6 Å². The van der Waals surface area contributed by atoms with Crippen molar-refractivity contribution in [1.82, 2.24) is 19.7 Å². The van der Waals surface area contributed by atoms with E-state index >= 15 is 4.39 Å². The average molecular weight is 570 g/mol. The fraction of sp³-hybridized carbons (Fsp3) is 0.500. The molecule has 0 aliphatic carbocycles. The quantitative estimate of drug-likeness (QED) is 0.474. The largest absolute Gasteiger partial charge is 0.487 e. The first-order valence-corrected chi connectivity index (χ1v) is 13.9. The second-order valence-electron chi connectivity index (χ2n) is 11.5. The van der Waals surface area contributed by atoms with Crippen molar-refractivity contribution in [2.75, 3.05) is 65.0 Å². The molecule has 2 fully saturated rings. The number of hydrogen-bond acceptors (Lipinski definition) is 7. The Morgan fingerprint density at radius 3 is 2.73 bits per heavy atom. The highest BCUT2D eigenvalue weighted by atomic mass is 19.1. The topological polar surface area (TPSA) is 78.5 Å². The number of amides is 2. The highest BCUT2D eigenvalue weighted by molar-refractivity contribution is 6.03. The molecular weight excluding hydrogens is 532 g/mol. The molecule has 5 rings (SSSR count). The molecule has 11 heteroatoms. The van der Waals surface area contributed by atoms with Gasteiger partial charge in [-0.25, -0.2) is 13.8 Å². The molecule has 220 valence electrons. The predicted molar refractivity (Wildman–Crippen MR) is 151 cm³/mol. The standard InChI is InChI=1S/C30H37F2N5O4/c1-6-23(38)35-11-12-36-20(16-35)18-41-27-24(29(36)39)28(33-26(25(27)32)21-9-7-8-10-22(21)31)37-17-19(15-30(37,2)3)34(4)13-14-40-5/h6-10,19-20H,1,11-18H2,2-5H3/t19?,20-/m1/s1. The SMILES string of the molecule is C=CC(=O)N1CCN2C(=O)c3c(N4CC(N(C)CCOC)CC4(C)C)nc(-c4ccccc4F)c(F)c3OC[C@H]2C1. The van der Waals surface area contributed by atoms with E-state index in [0.717, 1.165) is 13.0 Å². The summed E-state index contributed by atoms with van der Waals surface area (Å²) >= 11 is 0. The number of aromatic nitrogens is 1. The molecule has 3 aliphatic heterocycles. The van der Waals surface area contributed by atoms with E-state index in [1.54, 1.807) is 23.0 Å². The van der Waals surface area contributed by atoms with Gasteiger partial charge < -0.3 is 24.2 Å². The number of pyridine rings is 1. The van der Waals surface area contributed by atoms with Crippen molar-refractivity contribution in [3.63, 3.8) is 0 Å². The first kappa shape index (κ1) is 28.9. The van der Waals surface area contributed by atoms with Gasteiger partial charge in [-0.3, -0.25) is 14.5 Å². The van der Waals surface area contributed by atoms with E-state index in [2.05, 4.69) is 25.3 Å². The molecule has 1 aromatic heterocycles. The number of ether oxygens (including phenoxy) is 2. The second-order valence-corrected chi connectivity index (χ2v) is 11.5. The number of benzene rings is 1. The summed E-state index contributed by atoms with van der Waals surface area (Å²) in [6.07, 6.45) is 2.00. The van der Waals surface area contributed by atoms with Gasteiger partial charge >= 0.3 is 0 Å². The lowest BCUT2D eigenvalue weighted by Crippen LogP contribution is -2.57. The number of carbonyl (C=O) groups excluding carboxylic acids is 2. The molecule has 2 saturated heterocycles. The summed E-state index contributed by atoms with van der Waals surface area (Å²) in [5.41, 5.74) is -0.652. The summed E-state index contributed by atoms with van der Waals surface area (Å²) < 4.78 is 42.6. The number of anilines is 1. The minimum atomic E-state index is -0.883. The number of likely N-dealkylation sites (N-methyl/N-ethyl adjacent to an activating group) is 1. The van der Waals surface area contributed by atoms with Crippen LogP contribution in [-0.4, -0.2) is 109 Å². The fourth-order valence-corrected chi connectivity index (χ4v) is 6.10. The van der Waals surface area contributed by atoms with Crippen molar-refractivity contribution in [3.05, 3.63) is 54.1 Å². The molecule has 0 bridgehead atoms. The molecule has 2 aromatic rings. The van der Waals surface area contributed by atoms with Crippen LogP contribution in [0, 0.1) is 11.6 Å². The molecule has 0 saturated carbocycles. The normalized spacial score (nSPS) is 21.8. The van der Waals surface area contributed by atoms with E-state index in [1.165, 1.54) is 24.3 Å². The number of rotatable bonds is 7. The molecule has 0 radical (unpaired) electrons. The summed E-state index contributed by atoms with van der Waals surface area (Å²) in [4.78, 5) is 38.7. The number of methoxy groups -OCH3 is 1. The van der Waals surface area contributed by atoms with E-state index in [1.807, 2.05) is 11.9 Å². The van der Waals surface area contributed by atoms with Crippen LogP contribution in [0.2, 0.25) is 0 Å². The van der Waals surface area contributed by atoms with Crippen LogP contribution >= 0.6 is 0 Å². The lowest BCUT2D eigenvalue weighted by atomic mass is 9.98. The first-order chi connectivity index (χ1) is 19.6. The van der Waals surface area contributed by atoms with Gasteiger partial charge in [0.15, 0.2) is 11.6 Å². The van der Waals surface area contributed by atoms with Crippen molar-refractivity contribution in [1.29, 1.82) is 0 Å². The molecular formula is C30H37F2N5O4. The number of fused-ring (bicyclic) bond motifs is 2. The van der Waals surface area contributed by atoms with Gasteiger partial charge in [-0.2, -0.15) is 0 Å². The number of halogens is 2. The maximum absolute atomic E-state index is 16.3. The monoisotopic (exact) mass is 569 g/mol. The molecule has 9 nitrogen and oxygen atoms in total. The van der Waals surface area contributed by atoms with Gasteiger partial charge in [-0.15, -0.1) is 0 Å². The summed E-state index contributed by atoms with van der Waals surface area (Å²) in [7, 11) is 3.68. The Hall–Kier alpha value is -3.57. The minimum Gasteiger partial charge on any atom is -0.487 e. The lowest BCUT2D eigenvalue weighted by Gasteiger charge is -2.40. The number of hydrogen-bond donors (Lipinski definition) is 0. The second kappa shape index (κ2) is 11.4. The maximum atomic E-state index is 16.3. The van der Waals surface area contributed by atoms with Gasteiger partial charge in [0.05, 0.1) is 12.6 Å². The van der Waals surface area contributed by atoms with E-state index in [9.17, 15) is 14.0 Å². The molecule has 2 atom stereocenters. The van der Waals surface area contributed by atoms with Crippen molar-refractivity contribution in [2.45, 2.75) is 37.9 Å². The summed E-state index contributed by atoms with van der Waals surface area (Å²) in [5.74, 6) is -2.13. The molecule has 3 aliphatic rings. The van der Waals surface area contributed by atoms with Gasteiger partial charge in [-0.1, -0.05) is 18.7 Å². The van der Waals surface area contributed by atoms with Gasteiger partial charge in [0.25, 0.3) is 5.91 Å². The lowest BCUT2D eigenvalue weighted by molar-refractivity contribution is -0.128. The van der Waals surface area contributed by atoms with Crippen molar-refractivity contribution >= 4 is 17.6 Å². The molecule has 0 N–H and O–H groups in total. The van der Waals surface area contributed by atoms with Crippen molar-refractivity contribution in [3.8, 4) is 17.0 Å². The number of carbonyl (C=O) groups is 2. The van der Waals surface area contributed by atoms with Gasteiger partial charge in [0.1, 0.15) is 29.5 Å². The zero-order chi connectivity index (χ0) is 29.5. The highest BCUT2D eigenvalue weighted by Crippen LogP contribution is 2.44. The van der Waals surface area contributed by atoms with E-state index in [4.69, 9.17) is 14.5 Å². The Balaban J connectivity index is 1.63. The minimum absolute atomic E-state index is 0.0133. The van der Waals surface area contributed by atoms with Gasteiger partial charge in [0, 0.05) is 57.0 Å². The molecule has 1 aromatic carbocycles. The molecule has 41 heavy (non-hydrogen) atoms. The van der Waals surface area contributed by atoms with Crippen LogP contribution in [0.1, 0.15) is 30.6 Å². The van der Waals surface area contributed by atoms with Crippen LogP contribution < -0.4 is 9.64 Å². The molecule has 4 heterocycles. The van der Waals surface area contributed by atoms with E-state index in [-0.39, 0.29) is 60.0 Å². The third-order valence-electron chi connectivity index (χ3n) is 8.45. The first-order valence-electron chi connectivity index (χ1n) is 13.9. The van der Waals surface area contributed by atoms with Crippen LogP contribution in [0.3, 0.4) is 0 Å². The Morgan fingerprint density at radius 2 is 2.02 bits per heavy atom. The van der Waals surface area contributed by atoms with E-state index < -0.39 is 29.1 Å². The highest BCUT2D eigenvalue weighted by Gasteiger charge is 2.46. The number of nitrogens with zero attached hydrogens (tertiary/aromatic N) is 5.